The zero-order chi connectivity index (χ0) is 28.3. The minimum atomic E-state index is -3.85. The van der Waals surface area contributed by atoms with Gasteiger partial charge in [-0.15, -0.1) is 0 Å². The van der Waals surface area contributed by atoms with Gasteiger partial charge in [0.15, 0.2) is 5.92 Å². The summed E-state index contributed by atoms with van der Waals surface area (Å²) < 4.78 is 59.2. The Balaban J connectivity index is 1.59. The van der Waals surface area contributed by atoms with Crippen molar-refractivity contribution in [3.05, 3.63) is 72.4 Å². The second-order valence-corrected chi connectivity index (χ2v) is 8.32. The van der Waals surface area contributed by atoms with E-state index in [0.29, 0.717) is 5.69 Å². The average molecular weight is 543 g/mol. The van der Waals surface area contributed by atoms with E-state index in [2.05, 4.69) is 20.1 Å². The lowest BCUT2D eigenvalue weighted by molar-refractivity contribution is -0.146. The van der Waals surface area contributed by atoms with E-state index in [4.69, 9.17) is 0 Å². The molecule has 1 aromatic heterocycles. The van der Waals surface area contributed by atoms with E-state index < -0.39 is 41.7 Å². The molecule has 13 heteroatoms. The highest BCUT2D eigenvalue weighted by Gasteiger charge is 2.42. The summed E-state index contributed by atoms with van der Waals surface area (Å²) in [6.45, 7) is -1.67. The lowest BCUT2D eigenvalue weighted by Gasteiger charge is -2.18. The normalized spacial score (nSPS) is 15.3. The van der Waals surface area contributed by atoms with Crippen molar-refractivity contribution in [1.82, 2.24) is 10.3 Å². The van der Waals surface area contributed by atoms with Crippen LogP contribution in [0.25, 0.3) is 11.3 Å². The molecule has 3 amide bonds. The van der Waals surface area contributed by atoms with E-state index in [9.17, 15) is 31.9 Å². The summed E-state index contributed by atoms with van der Waals surface area (Å²) in [5, 5.41) is 9.38. The van der Waals surface area contributed by atoms with Crippen molar-refractivity contribution >= 4 is 34.8 Å². The van der Waals surface area contributed by atoms with Crippen LogP contribution >= 0.6 is 0 Å². The first-order chi connectivity index (χ1) is 18.5. The third-order valence-electron chi connectivity index (χ3n) is 5.76. The lowest BCUT2D eigenvalue weighted by atomic mass is 10.0. The first-order valence-corrected chi connectivity index (χ1v) is 11.4. The van der Waals surface area contributed by atoms with Gasteiger partial charge < -0.3 is 15.4 Å². The molecule has 202 valence electrons. The van der Waals surface area contributed by atoms with Gasteiger partial charge >= 0.3 is 12.5 Å². The highest BCUT2D eigenvalue weighted by molar-refractivity contribution is 6.28. The number of hydrogen-bond donors (Lipinski definition) is 2. The maximum absolute atomic E-state index is 14.3. The van der Waals surface area contributed by atoms with Crippen LogP contribution < -0.4 is 20.4 Å². The third-order valence-corrected chi connectivity index (χ3v) is 5.76. The van der Waals surface area contributed by atoms with Crippen LogP contribution in [0.4, 0.5) is 28.9 Å². The molecule has 9 nitrogen and oxygen atoms in total. The number of carbonyl (C=O) groups excluding carboxylic acids is 3. The Morgan fingerprint density at radius 3 is 2.51 bits per heavy atom. The third kappa shape index (κ3) is 5.56. The van der Waals surface area contributed by atoms with Gasteiger partial charge in [0.05, 0.1) is 17.1 Å². The van der Waals surface area contributed by atoms with Crippen LogP contribution in [-0.2, 0) is 20.3 Å². The van der Waals surface area contributed by atoms with Crippen molar-refractivity contribution in [2.75, 3.05) is 17.4 Å². The zero-order valence-corrected chi connectivity index (χ0v) is 20.5. The van der Waals surface area contributed by atoms with E-state index in [1.807, 2.05) is 5.32 Å². The second-order valence-electron chi connectivity index (χ2n) is 8.32. The molecule has 0 radical (unpaired) electrons. The van der Waals surface area contributed by atoms with Crippen molar-refractivity contribution < 1.29 is 36.7 Å². The van der Waals surface area contributed by atoms with Gasteiger partial charge in [-0.2, -0.15) is 27.7 Å². The molecule has 4 rings (SSSR count). The molecule has 39 heavy (non-hydrogen) atoms. The van der Waals surface area contributed by atoms with Gasteiger partial charge in [-0.1, -0.05) is 18.2 Å². The highest BCUT2D eigenvalue weighted by atomic mass is 19.3. The number of hydrogen-bond acceptors (Lipinski definition) is 6. The predicted molar refractivity (Wildman–Crippen MR) is 133 cm³/mol. The first kappa shape index (κ1) is 27.2. The van der Waals surface area contributed by atoms with Gasteiger partial charge in [0.1, 0.15) is 5.75 Å². The van der Waals surface area contributed by atoms with Crippen molar-refractivity contribution in [2.45, 2.75) is 19.5 Å². The van der Waals surface area contributed by atoms with Gasteiger partial charge in [-0.3, -0.25) is 19.4 Å². The summed E-state index contributed by atoms with van der Waals surface area (Å²) in [7, 11) is 1.07. The standard InChI is InChI=1S/C26H21F4N5O4/c1-14-21(22(36)33-16-7-5-6-15(12-16)26(29,30)24(38)31-2)23(37)35(34-14)17-9-10-20(39-25(27)28)18(13-17)19-8-3-4-11-32-19/h3-13,21,25H,1-2H3,(H,31,38)(H,33,36). The monoisotopic (exact) mass is 543 g/mol. The quantitative estimate of drug-likeness (QED) is 0.327. The molecule has 1 unspecified atom stereocenters. The molecule has 2 N–H and O–H groups in total. The molecule has 2 aromatic carbocycles. The maximum Gasteiger partial charge on any atom is 0.387 e. The Morgan fingerprint density at radius 1 is 1.08 bits per heavy atom. The number of amides is 3. The predicted octanol–water partition coefficient (Wildman–Crippen LogP) is 4.17. The summed E-state index contributed by atoms with van der Waals surface area (Å²) in [5.74, 6) is -8.55. The van der Waals surface area contributed by atoms with Gasteiger partial charge in [0.25, 0.3) is 11.8 Å². The van der Waals surface area contributed by atoms with E-state index >= 15 is 0 Å². The van der Waals surface area contributed by atoms with Crippen LogP contribution in [0.3, 0.4) is 0 Å². The molecule has 0 spiro atoms. The fourth-order valence-corrected chi connectivity index (χ4v) is 3.92. The fourth-order valence-electron chi connectivity index (χ4n) is 3.92. The van der Waals surface area contributed by atoms with E-state index in [1.165, 1.54) is 43.5 Å². The largest absolute Gasteiger partial charge is 0.434 e. The molecular weight excluding hydrogens is 522 g/mol. The second kappa shape index (κ2) is 10.9. The molecule has 0 bridgehead atoms. The highest BCUT2D eigenvalue weighted by Crippen LogP contribution is 2.36. The number of pyridine rings is 1. The van der Waals surface area contributed by atoms with Crippen LogP contribution in [0.15, 0.2) is 72.0 Å². The number of hydrazone groups is 1. The van der Waals surface area contributed by atoms with Crippen molar-refractivity contribution in [3.8, 4) is 17.0 Å². The van der Waals surface area contributed by atoms with Gasteiger partial charge in [0.2, 0.25) is 5.91 Å². The summed E-state index contributed by atoms with van der Waals surface area (Å²) in [6.07, 6.45) is 1.46. The Hall–Kier alpha value is -4.81. The van der Waals surface area contributed by atoms with E-state index in [-0.39, 0.29) is 28.4 Å². The molecule has 1 atom stereocenters. The van der Waals surface area contributed by atoms with Gasteiger partial charge in [-0.25, -0.2) is 0 Å². The number of aromatic nitrogens is 1. The van der Waals surface area contributed by atoms with Crippen molar-refractivity contribution in [2.24, 2.45) is 11.0 Å². The Bertz CT molecular complexity index is 1450. The van der Waals surface area contributed by atoms with Crippen LogP contribution in [0.5, 0.6) is 5.75 Å². The summed E-state index contributed by atoms with van der Waals surface area (Å²) in [5.41, 5.74) is 0.00491. The number of anilines is 2. The maximum atomic E-state index is 14.3. The van der Waals surface area contributed by atoms with Crippen molar-refractivity contribution in [1.29, 1.82) is 0 Å². The molecular formula is C26H21F4N5O4. The Kier molecular flexibility index (Phi) is 7.61. The van der Waals surface area contributed by atoms with Crippen molar-refractivity contribution in [3.63, 3.8) is 0 Å². The number of alkyl halides is 4. The molecule has 0 saturated heterocycles. The van der Waals surface area contributed by atoms with Gasteiger partial charge in [0, 0.05) is 30.1 Å². The number of benzene rings is 2. The lowest BCUT2D eigenvalue weighted by Crippen LogP contribution is -2.37. The number of nitrogens with zero attached hydrogens (tertiary/aromatic N) is 3. The van der Waals surface area contributed by atoms with Gasteiger partial charge in [-0.05, 0) is 49.4 Å². The molecule has 0 fully saturated rings. The minimum Gasteiger partial charge on any atom is -0.434 e. The molecule has 2 heterocycles. The molecule has 1 aliphatic heterocycles. The summed E-state index contributed by atoms with van der Waals surface area (Å²) in [6, 6.07) is 13.3. The topological polar surface area (TPSA) is 113 Å². The fraction of sp³-hybridized carbons (Fsp3) is 0.192. The van der Waals surface area contributed by atoms with Crippen LogP contribution in [0, 0.1) is 5.92 Å². The smallest absolute Gasteiger partial charge is 0.387 e. The number of carbonyl (C=O) groups is 3. The Labute approximate surface area is 219 Å². The number of nitrogens with one attached hydrogen (secondary N) is 2. The molecule has 0 saturated carbocycles. The summed E-state index contributed by atoms with van der Waals surface area (Å²) >= 11 is 0. The number of halogens is 4. The minimum absolute atomic E-state index is 0.0638. The number of likely N-dealkylation sites (N-methyl/N-ethyl adjacent to an activating group) is 1. The van der Waals surface area contributed by atoms with Crippen LogP contribution in [0.1, 0.15) is 12.5 Å². The van der Waals surface area contributed by atoms with Crippen LogP contribution in [-0.4, -0.2) is 42.1 Å². The molecule has 1 aliphatic rings. The number of ether oxygens (including phenoxy) is 1. The van der Waals surface area contributed by atoms with Crippen LogP contribution in [0.2, 0.25) is 0 Å². The van der Waals surface area contributed by atoms with E-state index in [1.54, 1.807) is 18.2 Å². The summed E-state index contributed by atoms with van der Waals surface area (Å²) in [4.78, 5) is 41.9. The Morgan fingerprint density at radius 2 is 1.85 bits per heavy atom. The van der Waals surface area contributed by atoms with E-state index in [0.717, 1.165) is 24.2 Å². The average Bonchev–Trinajstić information content (AvgIpc) is 3.22. The first-order valence-electron chi connectivity index (χ1n) is 11.4. The SMILES string of the molecule is CNC(=O)C(F)(F)c1cccc(NC(=O)C2C(=O)N(c3ccc(OC(F)F)c(-c4ccccn4)c3)N=C2C)c1. The molecule has 0 aliphatic carbocycles. The molecule has 3 aromatic rings. The number of rotatable bonds is 8. The zero-order valence-electron chi connectivity index (χ0n) is 20.5.